The Morgan fingerprint density at radius 2 is 1.02 bits per heavy atom. The van der Waals surface area contributed by atoms with Crippen molar-refractivity contribution in [3.05, 3.63) is 24.3 Å². The van der Waals surface area contributed by atoms with E-state index in [0.717, 1.165) is 63.8 Å². The molecule has 0 spiro atoms. The summed E-state index contributed by atoms with van der Waals surface area (Å²) in [5.74, 6) is 0.780. The minimum absolute atomic E-state index is 0.00519. The fraction of sp³-hybridized carbons (Fsp3) is 0.870. The van der Waals surface area contributed by atoms with Gasteiger partial charge in [0.1, 0.15) is 6.10 Å². The number of nitrogens with zero attached hydrogens (tertiary/aromatic N) is 1. The van der Waals surface area contributed by atoms with Crippen molar-refractivity contribution in [2.24, 2.45) is 11.8 Å². The number of carbonyl (C=O) groups is 2. The van der Waals surface area contributed by atoms with Crippen LogP contribution in [0.15, 0.2) is 24.3 Å². The number of carboxylic acids is 1. The number of allylic oxidation sites excluding steroid dienone is 4. The van der Waals surface area contributed by atoms with Crippen LogP contribution in [0.5, 0.6) is 0 Å². The predicted octanol–water partition coefficient (Wildman–Crippen LogP) is 14.0. The van der Waals surface area contributed by atoms with E-state index in [1.54, 1.807) is 0 Å². The van der Waals surface area contributed by atoms with Crippen LogP contribution in [0.1, 0.15) is 220 Å². The highest BCUT2D eigenvalue weighted by molar-refractivity contribution is 5.69. The lowest BCUT2D eigenvalue weighted by molar-refractivity contribution is -0.150. The highest BCUT2D eigenvalue weighted by Gasteiger charge is 2.23. The van der Waals surface area contributed by atoms with E-state index in [-0.39, 0.29) is 12.1 Å². The van der Waals surface area contributed by atoms with Crippen LogP contribution in [0.4, 0.5) is 0 Å². The van der Waals surface area contributed by atoms with E-state index in [9.17, 15) is 9.59 Å². The summed E-state index contributed by atoms with van der Waals surface area (Å²) in [4.78, 5) is 25.9. The van der Waals surface area contributed by atoms with Crippen LogP contribution in [0.25, 0.3) is 0 Å². The summed E-state index contributed by atoms with van der Waals surface area (Å²) in [6.45, 7) is 7.79. The van der Waals surface area contributed by atoms with Crippen LogP contribution in [-0.2, 0) is 14.3 Å². The van der Waals surface area contributed by atoms with Crippen molar-refractivity contribution in [1.82, 2.24) is 4.90 Å². The van der Waals surface area contributed by atoms with Gasteiger partial charge in [-0.1, -0.05) is 161 Å². The maximum atomic E-state index is 12.9. The number of hydrogen-bond acceptors (Lipinski definition) is 4. The molecule has 0 aromatic rings. The third-order valence-corrected chi connectivity index (χ3v) is 10.6. The van der Waals surface area contributed by atoms with Crippen LogP contribution >= 0.6 is 0 Å². The van der Waals surface area contributed by atoms with Gasteiger partial charge in [-0.25, -0.2) is 0 Å². The van der Waals surface area contributed by atoms with Crippen molar-refractivity contribution in [2.45, 2.75) is 226 Å². The Bertz CT molecular complexity index is 822. The first-order chi connectivity index (χ1) is 24.8. The molecule has 0 amide bonds. The molecule has 0 aliphatic heterocycles. The van der Waals surface area contributed by atoms with E-state index in [1.165, 1.54) is 135 Å². The Balaban J connectivity index is 4.94. The molecule has 5 heteroatoms. The molecular formula is C46H87NO4. The van der Waals surface area contributed by atoms with E-state index in [1.807, 2.05) is 0 Å². The highest BCUT2D eigenvalue weighted by atomic mass is 16.5. The molecule has 0 radical (unpaired) electrons. The molecule has 300 valence electrons. The Morgan fingerprint density at radius 3 is 1.63 bits per heavy atom. The van der Waals surface area contributed by atoms with Crippen molar-refractivity contribution in [1.29, 1.82) is 0 Å². The van der Waals surface area contributed by atoms with Crippen molar-refractivity contribution in [2.75, 3.05) is 20.6 Å². The smallest absolute Gasteiger partial charge is 0.306 e. The maximum absolute atomic E-state index is 12.9. The molecule has 51 heavy (non-hydrogen) atoms. The molecule has 0 saturated carbocycles. The van der Waals surface area contributed by atoms with Gasteiger partial charge in [-0.2, -0.15) is 0 Å². The first-order valence-electron chi connectivity index (χ1n) is 22.2. The molecule has 0 aromatic heterocycles. The summed E-state index contributed by atoms with van der Waals surface area (Å²) in [6.07, 6.45) is 45.0. The summed E-state index contributed by atoms with van der Waals surface area (Å²) in [5.41, 5.74) is 0. The third kappa shape index (κ3) is 35.2. The molecule has 0 rings (SSSR count). The fourth-order valence-electron chi connectivity index (χ4n) is 7.37. The highest BCUT2D eigenvalue weighted by Crippen LogP contribution is 2.34. The number of unbranched alkanes of at least 4 members (excludes halogenated alkanes) is 16. The number of ether oxygens (including phenoxy) is 1. The Labute approximate surface area is 318 Å². The van der Waals surface area contributed by atoms with Gasteiger partial charge in [0.15, 0.2) is 0 Å². The SMILES string of the molecule is CCCCC/C=C\CC=CCCCCCCCCC(CCC(CCCC)C(CCCCC)CCCCCCCC(=O)O)OC(=O)CCCN(C)C. The minimum atomic E-state index is -0.673. The number of hydrogen-bond donors (Lipinski definition) is 1. The van der Waals surface area contributed by atoms with Crippen molar-refractivity contribution in [3.63, 3.8) is 0 Å². The molecule has 3 unspecified atom stereocenters. The quantitative estimate of drug-likeness (QED) is 0.0389. The zero-order chi connectivity index (χ0) is 37.6. The van der Waals surface area contributed by atoms with Gasteiger partial charge in [0, 0.05) is 12.8 Å². The van der Waals surface area contributed by atoms with E-state index >= 15 is 0 Å². The molecule has 0 aliphatic carbocycles. The van der Waals surface area contributed by atoms with Crippen LogP contribution in [0.2, 0.25) is 0 Å². The second-order valence-corrected chi connectivity index (χ2v) is 15.8. The third-order valence-electron chi connectivity index (χ3n) is 10.6. The summed E-state index contributed by atoms with van der Waals surface area (Å²) < 4.78 is 6.23. The molecule has 0 heterocycles. The molecule has 0 aromatic carbocycles. The second kappa shape index (κ2) is 38.1. The van der Waals surface area contributed by atoms with Gasteiger partial charge in [-0.05, 0) is 103 Å². The van der Waals surface area contributed by atoms with E-state index < -0.39 is 5.97 Å². The van der Waals surface area contributed by atoms with Gasteiger partial charge in [0.2, 0.25) is 0 Å². The lowest BCUT2D eigenvalue weighted by Crippen LogP contribution is -2.23. The van der Waals surface area contributed by atoms with Gasteiger partial charge in [-0.15, -0.1) is 0 Å². The van der Waals surface area contributed by atoms with Crippen LogP contribution in [0, 0.1) is 11.8 Å². The molecule has 5 nitrogen and oxygen atoms in total. The van der Waals surface area contributed by atoms with E-state index in [4.69, 9.17) is 9.84 Å². The topological polar surface area (TPSA) is 66.8 Å². The molecule has 1 N–H and O–H groups in total. The second-order valence-electron chi connectivity index (χ2n) is 15.8. The molecule has 0 fully saturated rings. The standard InChI is InChI=1S/C46H87NO4/c1-6-9-12-13-14-15-16-17-18-19-20-21-22-23-26-30-36-44(51-46(50)38-32-41-47(4)5)40-39-43(33-11-8-3)42(34-28-10-7-2)35-29-25-24-27-31-37-45(48)49/h14-15,17-18,42-44H,6-13,16,19-41H2,1-5H3,(H,48,49)/b15-14-,18-17?. The number of rotatable bonds is 39. The Kier molecular flexibility index (Phi) is 36.9. The summed E-state index contributed by atoms with van der Waals surface area (Å²) in [5, 5.41) is 8.94. The summed E-state index contributed by atoms with van der Waals surface area (Å²) >= 11 is 0. The average molecular weight is 718 g/mol. The maximum Gasteiger partial charge on any atom is 0.306 e. The first kappa shape index (κ1) is 49.4. The molecular weight excluding hydrogens is 631 g/mol. The molecule has 0 aliphatic rings. The van der Waals surface area contributed by atoms with Gasteiger partial charge >= 0.3 is 11.9 Å². The van der Waals surface area contributed by atoms with Gasteiger partial charge in [0.25, 0.3) is 0 Å². The Hall–Kier alpha value is -1.62. The van der Waals surface area contributed by atoms with E-state index in [0.29, 0.717) is 18.8 Å². The van der Waals surface area contributed by atoms with Crippen molar-refractivity contribution >= 4 is 11.9 Å². The largest absolute Gasteiger partial charge is 0.481 e. The zero-order valence-corrected chi connectivity index (χ0v) is 34.8. The number of carboxylic acid groups (broad SMARTS) is 1. The van der Waals surface area contributed by atoms with Gasteiger partial charge in [-0.3, -0.25) is 9.59 Å². The summed E-state index contributed by atoms with van der Waals surface area (Å²) in [7, 11) is 4.12. The molecule has 3 atom stereocenters. The van der Waals surface area contributed by atoms with Crippen LogP contribution in [-0.4, -0.2) is 48.7 Å². The number of carbonyl (C=O) groups excluding carboxylic acids is 1. The zero-order valence-electron chi connectivity index (χ0n) is 34.8. The normalized spacial score (nSPS) is 13.8. The van der Waals surface area contributed by atoms with Crippen LogP contribution in [0.3, 0.4) is 0 Å². The monoisotopic (exact) mass is 718 g/mol. The van der Waals surface area contributed by atoms with E-state index in [2.05, 4.69) is 64.1 Å². The van der Waals surface area contributed by atoms with Gasteiger partial charge in [0.05, 0.1) is 0 Å². The Morgan fingerprint density at radius 1 is 0.529 bits per heavy atom. The molecule has 0 saturated heterocycles. The lowest BCUT2D eigenvalue weighted by atomic mass is 9.78. The predicted molar refractivity (Wildman–Crippen MR) is 221 cm³/mol. The first-order valence-corrected chi connectivity index (χ1v) is 22.2. The minimum Gasteiger partial charge on any atom is -0.481 e. The van der Waals surface area contributed by atoms with Crippen molar-refractivity contribution in [3.8, 4) is 0 Å². The van der Waals surface area contributed by atoms with Crippen LogP contribution < -0.4 is 0 Å². The van der Waals surface area contributed by atoms with Crippen molar-refractivity contribution < 1.29 is 19.4 Å². The summed E-state index contributed by atoms with van der Waals surface area (Å²) in [6, 6.07) is 0. The van der Waals surface area contributed by atoms with Gasteiger partial charge < -0.3 is 14.7 Å². The number of esters is 1. The average Bonchev–Trinajstić information content (AvgIpc) is 3.10. The number of aliphatic carboxylic acids is 1. The molecule has 0 bridgehead atoms. The lowest BCUT2D eigenvalue weighted by Gasteiger charge is -2.29. The fourth-order valence-corrected chi connectivity index (χ4v) is 7.37.